The second-order valence-electron chi connectivity index (χ2n) is 10.4. The van der Waals surface area contributed by atoms with Gasteiger partial charge in [0.25, 0.3) is 0 Å². The van der Waals surface area contributed by atoms with E-state index < -0.39 is 15.7 Å². The van der Waals surface area contributed by atoms with Crippen LogP contribution in [0.1, 0.15) is 46.1 Å². The summed E-state index contributed by atoms with van der Waals surface area (Å²) in [5.41, 5.74) is 4.40. The number of sulfonamides is 1. The molecule has 0 fully saturated rings. The third-order valence-corrected chi connectivity index (χ3v) is 7.95. The van der Waals surface area contributed by atoms with Crippen LogP contribution in [0, 0.1) is 11.3 Å². The Hall–Kier alpha value is -2.46. The van der Waals surface area contributed by atoms with Crippen LogP contribution >= 0.6 is 0 Å². The molecule has 0 aliphatic heterocycles. The van der Waals surface area contributed by atoms with Crippen molar-refractivity contribution in [1.29, 1.82) is 0 Å². The lowest BCUT2D eigenvalue weighted by molar-refractivity contribution is -0.123. The minimum atomic E-state index is -4.08. The van der Waals surface area contributed by atoms with Crippen LogP contribution in [-0.2, 0) is 21.2 Å². The van der Waals surface area contributed by atoms with Gasteiger partial charge in [0, 0.05) is 32.4 Å². The number of methoxy groups -OCH3 is 1. The lowest BCUT2D eigenvalue weighted by Gasteiger charge is -2.40. The first kappa shape index (κ1) is 29.8. The molecule has 4 N–H and O–H groups in total. The summed E-state index contributed by atoms with van der Waals surface area (Å²) in [7, 11) is -2.57. The van der Waals surface area contributed by atoms with E-state index in [-0.39, 0.29) is 54.5 Å². The first-order valence-electron chi connectivity index (χ1n) is 12.2. The Kier molecular flexibility index (Phi) is 10.5. The summed E-state index contributed by atoms with van der Waals surface area (Å²) >= 11 is 0. The van der Waals surface area contributed by atoms with Gasteiger partial charge in [-0.05, 0) is 47.7 Å². The lowest BCUT2D eigenvalue weighted by Crippen LogP contribution is -2.55. The quantitative estimate of drug-likeness (QED) is 0.330. The van der Waals surface area contributed by atoms with Crippen LogP contribution in [0.5, 0.6) is 5.75 Å². The molecule has 0 radical (unpaired) electrons. The van der Waals surface area contributed by atoms with Gasteiger partial charge in [-0.15, -0.1) is 0 Å². The predicted molar refractivity (Wildman–Crippen MR) is 142 cm³/mol. The number of rotatable bonds is 14. The number of nitrogens with zero attached hydrogens (tertiary/aromatic N) is 1. The molecule has 2 rings (SSSR count). The van der Waals surface area contributed by atoms with Crippen LogP contribution < -0.4 is 15.8 Å². The van der Waals surface area contributed by atoms with E-state index >= 15 is 0 Å². The molecule has 0 aromatic heterocycles. The fourth-order valence-corrected chi connectivity index (χ4v) is 5.73. The number of hydrogen-bond acceptors (Lipinski definition) is 6. The average Bonchev–Trinajstić information content (AvgIpc) is 2.82. The second-order valence-corrected chi connectivity index (χ2v) is 12.3. The molecule has 2 aromatic carbocycles. The molecule has 0 aliphatic rings. The maximum absolute atomic E-state index is 13.9. The van der Waals surface area contributed by atoms with Crippen molar-refractivity contribution in [2.24, 2.45) is 17.1 Å². The summed E-state index contributed by atoms with van der Waals surface area (Å²) in [6.07, 6.45) is 0.319. The van der Waals surface area contributed by atoms with Gasteiger partial charge in [0.1, 0.15) is 11.5 Å². The summed E-state index contributed by atoms with van der Waals surface area (Å²) in [4.78, 5) is 12.6. The van der Waals surface area contributed by atoms with Gasteiger partial charge in [-0.3, -0.25) is 4.79 Å². The molecule has 0 heterocycles. The van der Waals surface area contributed by atoms with Gasteiger partial charge in [-0.25, -0.2) is 8.42 Å². The van der Waals surface area contributed by atoms with E-state index in [2.05, 4.69) is 5.32 Å². The highest BCUT2D eigenvalue weighted by molar-refractivity contribution is 7.89. The van der Waals surface area contributed by atoms with Gasteiger partial charge in [0.05, 0.1) is 12.0 Å². The van der Waals surface area contributed by atoms with E-state index in [1.54, 1.807) is 12.1 Å². The van der Waals surface area contributed by atoms with Crippen molar-refractivity contribution in [1.82, 2.24) is 9.62 Å². The van der Waals surface area contributed by atoms with Crippen LogP contribution in [0.2, 0.25) is 0 Å². The minimum absolute atomic E-state index is 0.0127. The molecule has 2 aromatic rings. The van der Waals surface area contributed by atoms with Crippen molar-refractivity contribution in [3.8, 4) is 5.75 Å². The number of hydrogen-bond donors (Lipinski definition) is 3. The molecule has 8 nitrogen and oxygen atoms in total. The SMILES string of the molecule is COc1ccc(S(=O)(=O)N(CC(C)C)C(O)(CCNC(=O)CC(C)(C)CN)Cc2ccccc2)cc1. The number of aliphatic hydroxyl groups is 1. The van der Waals surface area contributed by atoms with E-state index in [0.29, 0.717) is 12.3 Å². The maximum atomic E-state index is 13.9. The molecule has 9 heteroatoms. The monoisotopic (exact) mass is 519 g/mol. The van der Waals surface area contributed by atoms with E-state index in [0.717, 1.165) is 5.56 Å². The molecule has 200 valence electrons. The van der Waals surface area contributed by atoms with Crippen LogP contribution in [0.3, 0.4) is 0 Å². The first-order valence-corrected chi connectivity index (χ1v) is 13.7. The number of nitrogens with one attached hydrogen (secondary N) is 1. The second kappa shape index (κ2) is 12.7. The van der Waals surface area contributed by atoms with E-state index in [4.69, 9.17) is 10.5 Å². The van der Waals surface area contributed by atoms with Crippen molar-refractivity contribution in [2.75, 3.05) is 26.7 Å². The number of carbonyl (C=O) groups is 1. The van der Waals surface area contributed by atoms with Gasteiger partial charge in [0.2, 0.25) is 15.9 Å². The maximum Gasteiger partial charge on any atom is 0.245 e. The lowest BCUT2D eigenvalue weighted by atomic mass is 9.89. The van der Waals surface area contributed by atoms with E-state index in [1.165, 1.54) is 23.5 Å². The molecular weight excluding hydrogens is 478 g/mol. The molecule has 0 spiro atoms. The Morgan fingerprint density at radius 2 is 1.72 bits per heavy atom. The van der Waals surface area contributed by atoms with Gasteiger partial charge in [-0.2, -0.15) is 4.31 Å². The Balaban J connectivity index is 2.41. The standard InChI is InChI=1S/C27H41N3O5S/c1-21(2)19-30(36(33,34)24-13-11-23(35-5)12-14-24)27(32,17-22-9-7-6-8-10-22)15-16-29-25(31)18-26(3,4)20-28/h6-14,21,32H,15-20,28H2,1-5H3,(H,29,31). The van der Waals surface area contributed by atoms with Crippen LogP contribution in [0.25, 0.3) is 0 Å². The normalized spacial score (nSPS) is 14.0. The molecule has 36 heavy (non-hydrogen) atoms. The zero-order chi connectivity index (χ0) is 27.0. The summed E-state index contributed by atoms with van der Waals surface area (Å²) in [6, 6.07) is 15.4. The van der Waals surface area contributed by atoms with Crippen molar-refractivity contribution in [3.63, 3.8) is 0 Å². The highest BCUT2D eigenvalue weighted by Gasteiger charge is 2.43. The average molecular weight is 520 g/mol. The molecule has 0 saturated carbocycles. The number of nitrogens with two attached hydrogens (primary N) is 1. The van der Waals surface area contributed by atoms with Gasteiger partial charge < -0.3 is 20.9 Å². The number of amides is 1. The number of carbonyl (C=O) groups excluding carboxylic acids is 1. The predicted octanol–water partition coefficient (Wildman–Crippen LogP) is 3.15. The Labute approximate surface area is 215 Å². The molecule has 0 aliphatic carbocycles. The summed E-state index contributed by atoms with van der Waals surface area (Å²) < 4.78 is 34.0. The van der Waals surface area contributed by atoms with Crippen molar-refractivity contribution in [3.05, 3.63) is 60.2 Å². The van der Waals surface area contributed by atoms with Crippen molar-refractivity contribution in [2.45, 2.75) is 57.6 Å². The van der Waals surface area contributed by atoms with Crippen LogP contribution in [-0.4, -0.2) is 56.2 Å². The Morgan fingerprint density at radius 1 is 1.11 bits per heavy atom. The first-order chi connectivity index (χ1) is 16.8. The molecule has 0 bridgehead atoms. The molecule has 0 saturated heterocycles. The summed E-state index contributed by atoms with van der Waals surface area (Å²) in [5.74, 6) is 0.285. The van der Waals surface area contributed by atoms with Crippen molar-refractivity contribution >= 4 is 15.9 Å². The zero-order valence-corrected chi connectivity index (χ0v) is 22.8. The van der Waals surface area contributed by atoms with Crippen LogP contribution in [0.15, 0.2) is 59.5 Å². The number of benzene rings is 2. The third-order valence-electron chi connectivity index (χ3n) is 6.01. The fourth-order valence-electron chi connectivity index (χ4n) is 3.89. The topological polar surface area (TPSA) is 122 Å². The molecule has 1 amide bonds. The van der Waals surface area contributed by atoms with Crippen molar-refractivity contribution < 1.29 is 23.1 Å². The molecule has 1 unspecified atom stereocenters. The number of ether oxygens (including phenoxy) is 1. The third kappa shape index (κ3) is 8.30. The van der Waals surface area contributed by atoms with Gasteiger partial charge >= 0.3 is 0 Å². The Morgan fingerprint density at radius 3 is 2.25 bits per heavy atom. The highest BCUT2D eigenvalue weighted by atomic mass is 32.2. The zero-order valence-electron chi connectivity index (χ0n) is 22.0. The van der Waals surface area contributed by atoms with E-state index in [1.807, 2.05) is 58.0 Å². The minimum Gasteiger partial charge on any atom is -0.497 e. The van der Waals surface area contributed by atoms with E-state index in [9.17, 15) is 18.3 Å². The van der Waals surface area contributed by atoms with Gasteiger partial charge in [-0.1, -0.05) is 58.0 Å². The smallest absolute Gasteiger partial charge is 0.245 e. The highest BCUT2D eigenvalue weighted by Crippen LogP contribution is 2.31. The summed E-state index contributed by atoms with van der Waals surface area (Å²) in [5, 5.41) is 14.8. The molecular formula is C27H41N3O5S. The summed E-state index contributed by atoms with van der Waals surface area (Å²) in [6.45, 7) is 8.18. The largest absolute Gasteiger partial charge is 0.497 e. The van der Waals surface area contributed by atoms with Crippen LogP contribution in [0.4, 0.5) is 0 Å². The van der Waals surface area contributed by atoms with Gasteiger partial charge in [0.15, 0.2) is 0 Å². The Bertz CT molecular complexity index is 1070. The molecule has 1 atom stereocenters. The fraction of sp³-hybridized carbons (Fsp3) is 0.519.